The maximum atomic E-state index is 3.35. The van der Waals surface area contributed by atoms with Crippen LogP contribution in [0.15, 0.2) is 0 Å². The molecule has 0 aromatic heterocycles. The molecule has 8 heavy (non-hydrogen) atoms. The molecule has 50 valence electrons. The maximum Gasteiger partial charge on any atom is -0.00489 e. The van der Waals surface area contributed by atoms with Crippen LogP contribution in [0.25, 0.3) is 0 Å². The van der Waals surface area contributed by atoms with Crippen LogP contribution in [0, 0.1) is 0 Å². The van der Waals surface area contributed by atoms with E-state index in [1.165, 1.54) is 38.8 Å². The quantitative estimate of drug-likeness (QED) is 0.488. The van der Waals surface area contributed by atoms with Crippen LogP contribution in [0.2, 0.25) is 0 Å². The molecule has 1 fully saturated rings. The second-order valence-corrected chi connectivity index (χ2v) is 2.16. The fourth-order valence-electron chi connectivity index (χ4n) is 0.979. The van der Waals surface area contributed by atoms with Gasteiger partial charge in [0.15, 0.2) is 0 Å². The van der Waals surface area contributed by atoms with E-state index in [1.54, 1.807) is 0 Å². The van der Waals surface area contributed by atoms with Gasteiger partial charge >= 0.3 is 0 Å². The summed E-state index contributed by atoms with van der Waals surface area (Å²) in [4.78, 5) is 0. The first-order chi connectivity index (χ1) is 3.50. The van der Waals surface area contributed by atoms with Gasteiger partial charge in [0, 0.05) is 0 Å². The van der Waals surface area contributed by atoms with Crippen molar-refractivity contribution in [3.05, 3.63) is 0 Å². The molecule has 0 aliphatic carbocycles. The second kappa shape index (κ2) is 5.06. The minimum absolute atomic E-state index is 0. The molecule has 0 aromatic carbocycles. The Bertz CT molecular complexity index is 28.1. The molecule has 0 saturated carbocycles. The Hall–Kier alpha value is -0.0800. The zero-order valence-electron chi connectivity index (χ0n) is 5.24. The summed E-state index contributed by atoms with van der Waals surface area (Å²) in [5.41, 5.74) is 0. The topological polar surface area (TPSA) is 43.5 Å². The Kier molecular flexibility index (Phi) is 5.01. The smallest absolute Gasteiger partial charge is 0.00489 e. The Labute approximate surface area is 50.6 Å². The third kappa shape index (κ3) is 2.99. The van der Waals surface area contributed by atoms with Gasteiger partial charge in [-0.25, -0.2) is 0 Å². The van der Waals surface area contributed by atoms with Crippen molar-refractivity contribution in [1.82, 2.24) is 5.32 Å². The summed E-state index contributed by atoms with van der Waals surface area (Å²) in [6, 6.07) is 0. The van der Waals surface area contributed by atoms with Crippen molar-refractivity contribution < 1.29 is 5.48 Å². The van der Waals surface area contributed by atoms with E-state index >= 15 is 0 Å². The summed E-state index contributed by atoms with van der Waals surface area (Å²) < 4.78 is 0. The van der Waals surface area contributed by atoms with Gasteiger partial charge in [0.2, 0.25) is 0 Å². The van der Waals surface area contributed by atoms with E-state index < -0.39 is 0 Å². The zero-order valence-corrected chi connectivity index (χ0v) is 5.24. The molecule has 0 spiro atoms. The van der Waals surface area contributed by atoms with Crippen molar-refractivity contribution in [2.75, 3.05) is 13.1 Å². The first-order valence-corrected chi connectivity index (χ1v) is 3.21. The molecule has 0 aromatic rings. The number of hydrogen-bond donors (Lipinski definition) is 1. The highest BCUT2D eigenvalue weighted by atomic mass is 16.0. The summed E-state index contributed by atoms with van der Waals surface area (Å²) in [7, 11) is 0. The van der Waals surface area contributed by atoms with E-state index in [4.69, 9.17) is 0 Å². The molecule has 1 aliphatic heterocycles. The van der Waals surface area contributed by atoms with Gasteiger partial charge in [-0.1, -0.05) is 12.8 Å². The molecule has 0 bridgehead atoms. The molecule has 2 nitrogen and oxygen atoms in total. The van der Waals surface area contributed by atoms with E-state index in [2.05, 4.69) is 5.32 Å². The van der Waals surface area contributed by atoms with Crippen molar-refractivity contribution in [1.29, 1.82) is 0 Å². The van der Waals surface area contributed by atoms with Crippen molar-refractivity contribution in [3.8, 4) is 0 Å². The lowest BCUT2D eigenvalue weighted by atomic mass is 10.2. The van der Waals surface area contributed by atoms with Crippen molar-refractivity contribution in [2.45, 2.75) is 25.7 Å². The van der Waals surface area contributed by atoms with E-state index in [0.29, 0.717) is 0 Å². The Balaban J connectivity index is 0.000000490. The van der Waals surface area contributed by atoms with E-state index in [-0.39, 0.29) is 5.48 Å². The van der Waals surface area contributed by atoms with Crippen LogP contribution >= 0.6 is 0 Å². The maximum absolute atomic E-state index is 3.35. The highest BCUT2D eigenvalue weighted by Gasteiger charge is 1.94. The molecule has 1 heterocycles. The minimum atomic E-state index is 0. The lowest BCUT2D eigenvalue weighted by Crippen LogP contribution is -2.12. The van der Waals surface area contributed by atoms with Crippen LogP contribution in [0.4, 0.5) is 0 Å². The second-order valence-electron chi connectivity index (χ2n) is 2.16. The summed E-state index contributed by atoms with van der Waals surface area (Å²) in [5.74, 6) is 0. The summed E-state index contributed by atoms with van der Waals surface area (Å²) in [6.45, 7) is 2.50. The summed E-state index contributed by atoms with van der Waals surface area (Å²) >= 11 is 0. The van der Waals surface area contributed by atoms with Crippen LogP contribution in [0.1, 0.15) is 25.7 Å². The number of nitrogens with one attached hydrogen (secondary N) is 1. The highest BCUT2D eigenvalue weighted by Crippen LogP contribution is 2.00. The van der Waals surface area contributed by atoms with Gasteiger partial charge < -0.3 is 10.8 Å². The fraction of sp³-hybridized carbons (Fsp3) is 1.00. The largest absolute Gasteiger partial charge is 0.412 e. The molecule has 0 unspecified atom stereocenters. The molecule has 1 aliphatic rings. The molecule has 1 saturated heterocycles. The molecule has 0 amide bonds. The van der Waals surface area contributed by atoms with Gasteiger partial charge in [0.05, 0.1) is 0 Å². The Morgan fingerprint density at radius 1 is 0.750 bits per heavy atom. The van der Waals surface area contributed by atoms with Crippen molar-refractivity contribution in [3.63, 3.8) is 0 Å². The van der Waals surface area contributed by atoms with Crippen LogP contribution in [0.3, 0.4) is 0 Å². The summed E-state index contributed by atoms with van der Waals surface area (Å²) in [5, 5.41) is 3.35. The van der Waals surface area contributed by atoms with E-state index in [1.807, 2.05) is 0 Å². The minimum Gasteiger partial charge on any atom is -0.412 e. The van der Waals surface area contributed by atoms with Crippen molar-refractivity contribution in [2.24, 2.45) is 0 Å². The van der Waals surface area contributed by atoms with Gasteiger partial charge in [-0.05, 0) is 25.9 Å². The molecule has 1 rings (SSSR count). The lowest BCUT2D eigenvalue weighted by Gasteiger charge is -1.91. The van der Waals surface area contributed by atoms with Gasteiger partial charge in [-0.2, -0.15) is 0 Å². The molecule has 3 N–H and O–H groups in total. The normalized spacial score (nSPS) is 21.0. The van der Waals surface area contributed by atoms with Crippen LogP contribution in [-0.2, 0) is 0 Å². The number of rotatable bonds is 0. The van der Waals surface area contributed by atoms with E-state index in [9.17, 15) is 0 Å². The first kappa shape index (κ1) is 7.92. The predicted octanol–water partition coefficient (Wildman–Crippen LogP) is 0.325. The average Bonchev–Trinajstić information content (AvgIpc) is 1.90. The van der Waals surface area contributed by atoms with Gasteiger partial charge in [0.25, 0.3) is 0 Å². The first-order valence-electron chi connectivity index (χ1n) is 3.21. The summed E-state index contributed by atoms with van der Waals surface area (Å²) in [6.07, 6.45) is 5.65. The highest BCUT2D eigenvalue weighted by molar-refractivity contribution is 4.54. The Morgan fingerprint density at radius 2 is 1.25 bits per heavy atom. The van der Waals surface area contributed by atoms with E-state index in [0.717, 1.165) is 0 Å². The van der Waals surface area contributed by atoms with Gasteiger partial charge in [-0.3, -0.25) is 0 Å². The number of hydrogen-bond acceptors (Lipinski definition) is 1. The SMILES string of the molecule is C1CCCNCC1.O. The molecular formula is C6H15NO. The monoisotopic (exact) mass is 117 g/mol. The van der Waals surface area contributed by atoms with Crippen LogP contribution in [0.5, 0.6) is 0 Å². The standard InChI is InChI=1S/C6H13N.H2O/c1-2-4-6-7-5-3-1;/h7H,1-6H2;1H2. The average molecular weight is 117 g/mol. The Morgan fingerprint density at radius 3 is 1.75 bits per heavy atom. The third-order valence-corrected chi connectivity index (χ3v) is 1.46. The molecule has 0 atom stereocenters. The zero-order chi connectivity index (χ0) is 4.95. The van der Waals surface area contributed by atoms with Crippen LogP contribution < -0.4 is 5.32 Å². The lowest BCUT2D eigenvalue weighted by molar-refractivity contribution is 0.702. The van der Waals surface area contributed by atoms with Gasteiger partial charge in [0.1, 0.15) is 0 Å². The van der Waals surface area contributed by atoms with Crippen LogP contribution in [-0.4, -0.2) is 18.6 Å². The molecular weight excluding hydrogens is 102 g/mol. The van der Waals surface area contributed by atoms with Crippen molar-refractivity contribution >= 4 is 0 Å². The predicted molar refractivity (Wildman–Crippen MR) is 35.0 cm³/mol. The molecule has 0 radical (unpaired) electrons. The van der Waals surface area contributed by atoms with Gasteiger partial charge in [-0.15, -0.1) is 0 Å². The third-order valence-electron chi connectivity index (χ3n) is 1.46. The fourth-order valence-corrected chi connectivity index (χ4v) is 0.979. The molecule has 2 heteroatoms.